The minimum Gasteiger partial charge on any atom is -0.390 e. The van der Waals surface area contributed by atoms with Crippen molar-refractivity contribution in [3.63, 3.8) is 0 Å². The van der Waals surface area contributed by atoms with Crippen LogP contribution in [-0.4, -0.2) is 41.8 Å². The Morgan fingerprint density at radius 2 is 2.20 bits per heavy atom. The Morgan fingerprint density at radius 1 is 1.53 bits per heavy atom. The Hall–Kier alpha value is -0.800. The predicted octanol–water partition coefficient (Wildman–Crippen LogP) is 1.12. The molecule has 86 valence electrons. The van der Waals surface area contributed by atoms with Gasteiger partial charge in [-0.2, -0.15) is 0 Å². The maximum Gasteiger partial charge on any atom is 0.0867 e. The maximum absolute atomic E-state index is 10.0. The summed E-state index contributed by atoms with van der Waals surface area (Å²) in [6.45, 7) is 10.4. The molecular weight excluding hydrogens is 188 g/mol. The molecular formula is C12H22N2O. The minimum absolute atomic E-state index is 0.146. The number of allylic oxidation sites excluding steroid dienone is 1. The smallest absolute Gasteiger partial charge is 0.0867 e. The van der Waals surface area contributed by atoms with Gasteiger partial charge >= 0.3 is 0 Å². The van der Waals surface area contributed by atoms with Crippen LogP contribution in [0.4, 0.5) is 0 Å². The molecule has 1 fully saturated rings. The third kappa shape index (κ3) is 3.08. The first-order valence-corrected chi connectivity index (χ1v) is 5.52. The van der Waals surface area contributed by atoms with Gasteiger partial charge < -0.3 is 15.3 Å². The van der Waals surface area contributed by atoms with E-state index in [1.165, 1.54) is 0 Å². The van der Waals surface area contributed by atoms with Gasteiger partial charge in [-0.05, 0) is 25.8 Å². The molecule has 0 spiro atoms. The average molecular weight is 210 g/mol. The van der Waals surface area contributed by atoms with E-state index in [-0.39, 0.29) is 12.1 Å². The molecule has 3 nitrogen and oxygen atoms in total. The molecule has 1 aliphatic heterocycles. The summed E-state index contributed by atoms with van der Waals surface area (Å²) < 4.78 is 0. The Bertz CT molecular complexity index is 240. The summed E-state index contributed by atoms with van der Waals surface area (Å²) in [4.78, 5) is 2.03. The minimum atomic E-state index is -0.336. The van der Waals surface area contributed by atoms with Crippen molar-refractivity contribution in [2.45, 2.75) is 38.0 Å². The Kier molecular flexibility index (Phi) is 4.36. The molecule has 0 aromatic heterocycles. The highest BCUT2D eigenvalue weighted by molar-refractivity contribution is 5.11. The van der Waals surface area contributed by atoms with Crippen molar-refractivity contribution >= 4 is 0 Å². The number of nitrogens with zero attached hydrogens (tertiary/aromatic N) is 1. The highest BCUT2D eigenvalue weighted by Crippen LogP contribution is 2.18. The Morgan fingerprint density at radius 3 is 2.80 bits per heavy atom. The molecule has 3 atom stereocenters. The summed E-state index contributed by atoms with van der Waals surface area (Å²) in [6.07, 6.45) is 3.46. The largest absolute Gasteiger partial charge is 0.390 e. The van der Waals surface area contributed by atoms with E-state index in [1.807, 2.05) is 11.9 Å². The molecule has 0 saturated carbocycles. The van der Waals surface area contributed by atoms with E-state index in [9.17, 15) is 5.11 Å². The second-order valence-corrected chi connectivity index (χ2v) is 4.33. The average Bonchev–Trinajstić information content (AvgIpc) is 2.39. The van der Waals surface area contributed by atoms with E-state index >= 15 is 0 Å². The molecule has 3 heteroatoms. The lowest BCUT2D eigenvalue weighted by atomic mass is 10.0. The van der Waals surface area contributed by atoms with Crippen molar-refractivity contribution in [2.24, 2.45) is 0 Å². The van der Waals surface area contributed by atoms with Crippen LogP contribution in [0.5, 0.6) is 0 Å². The third-order valence-corrected chi connectivity index (χ3v) is 3.20. The standard InChI is InChI=1S/C12H22N2O/c1-5-10(3)14(4)11-7-6-9(2)13-8-12(11)15/h5,9,11-13,15H,1,3,6-8H2,2,4H3/t9?,11?,12-/m1/s1. The summed E-state index contributed by atoms with van der Waals surface area (Å²) >= 11 is 0. The topological polar surface area (TPSA) is 35.5 Å². The normalized spacial score (nSPS) is 31.8. The summed E-state index contributed by atoms with van der Waals surface area (Å²) in [5.74, 6) is 0. The fourth-order valence-corrected chi connectivity index (χ4v) is 1.98. The van der Waals surface area contributed by atoms with Crippen LogP contribution < -0.4 is 5.32 Å². The van der Waals surface area contributed by atoms with Gasteiger partial charge in [-0.15, -0.1) is 0 Å². The van der Waals surface area contributed by atoms with Crippen LogP contribution in [-0.2, 0) is 0 Å². The summed E-state index contributed by atoms with van der Waals surface area (Å²) in [6, 6.07) is 0.628. The number of β-amino-alcohol motifs (C(OH)–C–C–N with tert-alkyl or cyclic N) is 1. The molecule has 1 rings (SSSR count). The summed E-state index contributed by atoms with van der Waals surface area (Å²) in [5, 5.41) is 13.3. The van der Waals surface area contributed by atoms with E-state index in [0.29, 0.717) is 12.6 Å². The predicted molar refractivity (Wildman–Crippen MR) is 63.6 cm³/mol. The molecule has 2 unspecified atom stereocenters. The molecule has 0 aromatic carbocycles. The number of likely N-dealkylation sites (N-methyl/N-ethyl adjacent to an activating group) is 1. The van der Waals surface area contributed by atoms with Crippen molar-refractivity contribution in [3.8, 4) is 0 Å². The van der Waals surface area contributed by atoms with Crippen LogP contribution >= 0.6 is 0 Å². The van der Waals surface area contributed by atoms with Gasteiger partial charge in [-0.1, -0.05) is 13.2 Å². The molecule has 2 N–H and O–H groups in total. The van der Waals surface area contributed by atoms with Crippen LogP contribution in [0.1, 0.15) is 19.8 Å². The quantitative estimate of drug-likeness (QED) is 0.685. The first-order valence-electron chi connectivity index (χ1n) is 5.52. The molecule has 0 aromatic rings. The monoisotopic (exact) mass is 210 g/mol. The van der Waals surface area contributed by atoms with Crippen molar-refractivity contribution in [1.29, 1.82) is 0 Å². The second kappa shape index (κ2) is 5.33. The van der Waals surface area contributed by atoms with Crippen LogP contribution in [0, 0.1) is 0 Å². The molecule has 1 saturated heterocycles. The lowest BCUT2D eigenvalue weighted by Gasteiger charge is -2.32. The number of nitrogens with one attached hydrogen (secondary N) is 1. The number of aliphatic hydroxyl groups excluding tert-OH is 1. The Balaban J connectivity index is 2.65. The molecule has 0 aliphatic carbocycles. The van der Waals surface area contributed by atoms with Gasteiger partial charge in [0.1, 0.15) is 0 Å². The van der Waals surface area contributed by atoms with Crippen LogP contribution in [0.3, 0.4) is 0 Å². The summed E-state index contributed by atoms with van der Waals surface area (Å²) in [5.41, 5.74) is 0.869. The van der Waals surface area contributed by atoms with Crippen LogP contribution in [0.25, 0.3) is 0 Å². The number of aliphatic hydroxyl groups is 1. The van der Waals surface area contributed by atoms with E-state index < -0.39 is 0 Å². The molecule has 1 aliphatic rings. The molecule has 0 bridgehead atoms. The highest BCUT2D eigenvalue weighted by atomic mass is 16.3. The van der Waals surface area contributed by atoms with Gasteiger partial charge in [0.25, 0.3) is 0 Å². The molecule has 0 amide bonds. The zero-order chi connectivity index (χ0) is 11.4. The van der Waals surface area contributed by atoms with Crippen LogP contribution in [0.15, 0.2) is 24.9 Å². The first-order chi connectivity index (χ1) is 7.06. The van der Waals surface area contributed by atoms with Gasteiger partial charge in [0.05, 0.1) is 12.1 Å². The fourth-order valence-electron chi connectivity index (χ4n) is 1.98. The van der Waals surface area contributed by atoms with Gasteiger partial charge in [0.15, 0.2) is 0 Å². The van der Waals surface area contributed by atoms with Gasteiger partial charge in [-0.3, -0.25) is 0 Å². The van der Waals surface area contributed by atoms with Gasteiger partial charge in [0.2, 0.25) is 0 Å². The zero-order valence-electron chi connectivity index (χ0n) is 9.74. The summed E-state index contributed by atoms with van der Waals surface area (Å²) in [7, 11) is 1.97. The molecule has 1 heterocycles. The SMILES string of the molecule is C=CC(=C)N(C)C1CCC(C)NC[C@H]1O. The fraction of sp³-hybridized carbons (Fsp3) is 0.667. The van der Waals surface area contributed by atoms with E-state index in [0.717, 1.165) is 18.5 Å². The first kappa shape index (κ1) is 12.3. The maximum atomic E-state index is 10.0. The van der Waals surface area contributed by atoms with Crippen molar-refractivity contribution in [1.82, 2.24) is 10.2 Å². The zero-order valence-corrected chi connectivity index (χ0v) is 9.74. The highest BCUT2D eigenvalue weighted by Gasteiger charge is 2.27. The molecule has 0 radical (unpaired) electrons. The van der Waals surface area contributed by atoms with Crippen molar-refractivity contribution in [2.75, 3.05) is 13.6 Å². The third-order valence-electron chi connectivity index (χ3n) is 3.20. The van der Waals surface area contributed by atoms with Crippen molar-refractivity contribution < 1.29 is 5.11 Å². The number of hydrogen-bond acceptors (Lipinski definition) is 3. The second-order valence-electron chi connectivity index (χ2n) is 4.33. The van der Waals surface area contributed by atoms with Gasteiger partial charge in [-0.25, -0.2) is 0 Å². The van der Waals surface area contributed by atoms with E-state index in [1.54, 1.807) is 6.08 Å². The lowest BCUT2D eigenvalue weighted by Crippen LogP contribution is -2.43. The van der Waals surface area contributed by atoms with Crippen LogP contribution in [0.2, 0.25) is 0 Å². The van der Waals surface area contributed by atoms with Crippen molar-refractivity contribution in [3.05, 3.63) is 24.9 Å². The number of rotatable bonds is 3. The van der Waals surface area contributed by atoms with E-state index in [2.05, 4.69) is 25.4 Å². The van der Waals surface area contributed by atoms with Gasteiger partial charge in [0, 0.05) is 25.3 Å². The number of hydrogen-bond donors (Lipinski definition) is 2. The molecule has 15 heavy (non-hydrogen) atoms. The van der Waals surface area contributed by atoms with E-state index in [4.69, 9.17) is 0 Å². The Labute approximate surface area is 92.5 Å². The lowest BCUT2D eigenvalue weighted by molar-refractivity contribution is 0.0844.